The van der Waals surface area contributed by atoms with Gasteiger partial charge >= 0.3 is 21.6 Å². The van der Waals surface area contributed by atoms with Crippen LogP contribution >= 0.6 is 0 Å². The van der Waals surface area contributed by atoms with Gasteiger partial charge in [0.25, 0.3) is 5.91 Å². The van der Waals surface area contributed by atoms with Gasteiger partial charge in [0.15, 0.2) is 0 Å². The van der Waals surface area contributed by atoms with Crippen LogP contribution in [0.2, 0.25) is 0 Å². The molecule has 0 saturated heterocycles. The molecule has 3 amide bonds. The summed E-state index contributed by atoms with van der Waals surface area (Å²) in [6.07, 6.45) is 8.10. The smallest absolute Gasteiger partial charge is 0.335 e. The number of imidazole rings is 1. The fourth-order valence-electron chi connectivity index (χ4n) is 5.69. The number of fused-ring (bicyclic) bond motifs is 1. The lowest BCUT2D eigenvalue weighted by atomic mass is 9.96. The Morgan fingerprint density at radius 2 is 1.70 bits per heavy atom. The average molecular weight is 656 g/mol. The van der Waals surface area contributed by atoms with E-state index in [9.17, 15) is 31.2 Å². The Morgan fingerprint density at radius 1 is 0.978 bits per heavy atom. The summed E-state index contributed by atoms with van der Waals surface area (Å²) in [4.78, 5) is 30.2. The first-order valence-electron chi connectivity index (χ1n) is 15.3. The van der Waals surface area contributed by atoms with Gasteiger partial charge in [-0.3, -0.25) is 4.79 Å². The minimum absolute atomic E-state index is 0.181. The summed E-state index contributed by atoms with van der Waals surface area (Å²) in [5, 5.41) is 6.04. The van der Waals surface area contributed by atoms with Crippen molar-refractivity contribution in [3.05, 3.63) is 83.7 Å². The standard InChI is InChI=1S/C33H36F3N5O4S/c1-2-3-13-30-39-28-19-18-25(38-32(43)37-24-9-5-4-6-10-24)20-29(28)41(30)21-22-14-16-23(17-15-22)26-11-7-8-12-27(26)31(42)40-46(44,45)33(34,35)36/h7-8,11-12,14-20,24H,2-6,9-10,13,21H2,1H3,(H,40,42)(H2,37,38,43). The molecule has 13 heteroatoms. The van der Waals surface area contributed by atoms with E-state index < -0.39 is 21.4 Å². The molecular formula is C33H36F3N5O4S. The summed E-state index contributed by atoms with van der Waals surface area (Å²) < 4.78 is 64.9. The average Bonchev–Trinajstić information content (AvgIpc) is 3.36. The summed E-state index contributed by atoms with van der Waals surface area (Å²) >= 11 is 0. The summed E-state index contributed by atoms with van der Waals surface area (Å²) in [5.41, 5.74) is -1.81. The van der Waals surface area contributed by atoms with E-state index in [1.54, 1.807) is 18.2 Å². The normalized spacial score (nSPS) is 14.3. The molecule has 0 bridgehead atoms. The molecule has 3 N–H and O–H groups in total. The molecule has 0 spiro atoms. The zero-order valence-corrected chi connectivity index (χ0v) is 26.2. The number of halogens is 3. The van der Waals surface area contributed by atoms with Crippen molar-refractivity contribution in [1.29, 1.82) is 0 Å². The van der Waals surface area contributed by atoms with E-state index >= 15 is 0 Å². The first-order valence-corrected chi connectivity index (χ1v) is 16.8. The Hall–Kier alpha value is -4.39. The highest BCUT2D eigenvalue weighted by Crippen LogP contribution is 2.28. The van der Waals surface area contributed by atoms with Gasteiger partial charge in [-0.1, -0.05) is 75.1 Å². The number of unbranched alkanes of at least 4 members (excludes halogenated alkanes) is 1. The molecule has 4 aromatic rings. The van der Waals surface area contributed by atoms with Crippen LogP contribution in [0.4, 0.5) is 23.7 Å². The molecule has 0 atom stereocenters. The van der Waals surface area contributed by atoms with E-state index in [-0.39, 0.29) is 23.2 Å². The van der Waals surface area contributed by atoms with Crippen LogP contribution in [-0.2, 0) is 23.0 Å². The van der Waals surface area contributed by atoms with Crippen molar-refractivity contribution in [3.63, 3.8) is 0 Å². The van der Waals surface area contributed by atoms with E-state index in [0.29, 0.717) is 17.8 Å². The molecule has 1 aromatic heterocycles. The number of urea groups is 1. The molecular weight excluding hydrogens is 619 g/mol. The van der Waals surface area contributed by atoms with Crippen molar-refractivity contribution in [1.82, 2.24) is 19.6 Å². The Bertz CT molecular complexity index is 1820. The molecule has 244 valence electrons. The quantitative estimate of drug-likeness (QED) is 0.168. The number of nitrogens with one attached hydrogen (secondary N) is 3. The van der Waals surface area contributed by atoms with E-state index in [4.69, 9.17) is 4.98 Å². The van der Waals surface area contributed by atoms with Crippen molar-refractivity contribution in [3.8, 4) is 11.1 Å². The first-order chi connectivity index (χ1) is 21.9. The number of alkyl halides is 3. The highest BCUT2D eigenvalue weighted by atomic mass is 32.2. The summed E-state index contributed by atoms with van der Waals surface area (Å²) in [6.45, 7) is 2.56. The first kappa shape index (κ1) is 33.0. The third-order valence-corrected chi connectivity index (χ3v) is 9.15. The Balaban J connectivity index is 1.38. The molecule has 0 aliphatic heterocycles. The number of sulfonamides is 1. The second kappa shape index (κ2) is 13.9. The number of rotatable bonds is 10. The monoisotopic (exact) mass is 655 g/mol. The maximum absolute atomic E-state index is 12.9. The largest absolute Gasteiger partial charge is 0.516 e. The minimum atomic E-state index is -5.86. The lowest BCUT2D eigenvalue weighted by Crippen LogP contribution is -2.40. The molecule has 5 rings (SSSR count). The van der Waals surface area contributed by atoms with Crippen LogP contribution in [0.5, 0.6) is 0 Å². The molecule has 3 aromatic carbocycles. The number of carbonyl (C=O) groups is 2. The molecule has 0 radical (unpaired) electrons. The fourth-order valence-corrected chi connectivity index (χ4v) is 6.16. The number of aryl methyl sites for hydroxylation is 1. The fraction of sp³-hybridized carbons (Fsp3) is 0.364. The number of aromatic nitrogens is 2. The van der Waals surface area contributed by atoms with Crippen LogP contribution in [0.25, 0.3) is 22.2 Å². The van der Waals surface area contributed by atoms with Crippen LogP contribution in [0.3, 0.4) is 0 Å². The number of nitrogens with zero attached hydrogens (tertiary/aromatic N) is 2. The van der Waals surface area contributed by atoms with E-state index in [1.165, 1.54) is 24.6 Å². The number of hydrogen-bond donors (Lipinski definition) is 3. The second-order valence-electron chi connectivity index (χ2n) is 11.5. The molecule has 1 heterocycles. The lowest BCUT2D eigenvalue weighted by molar-refractivity contribution is -0.0446. The number of benzene rings is 3. The third kappa shape index (κ3) is 7.69. The summed E-state index contributed by atoms with van der Waals surface area (Å²) in [6, 6.07) is 18.6. The van der Waals surface area contributed by atoms with Gasteiger partial charge in [-0.15, -0.1) is 0 Å². The molecule has 0 unspecified atom stereocenters. The second-order valence-corrected chi connectivity index (χ2v) is 13.2. The zero-order valence-electron chi connectivity index (χ0n) is 25.4. The number of hydrogen-bond acceptors (Lipinski definition) is 5. The Kier molecular flexibility index (Phi) is 10.00. The highest BCUT2D eigenvalue weighted by molar-refractivity contribution is 7.90. The van der Waals surface area contributed by atoms with Gasteiger partial charge in [-0.2, -0.15) is 21.6 Å². The van der Waals surface area contributed by atoms with E-state index in [1.807, 2.05) is 30.3 Å². The molecule has 1 aliphatic rings. The van der Waals surface area contributed by atoms with Gasteiger partial charge in [0.05, 0.1) is 11.0 Å². The van der Waals surface area contributed by atoms with Gasteiger partial charge in [0.2, 0.25) is 0 Å². The van der Waals surface area contributed by atoms with Crippen LogP contribution in [0, 0.1) is 0 Å². The Labute approximate surface area is 265 Å². The minimum Gasteiger partial charge on any atom is -0.335 e. The van der Waals surface area contributed by atoms with Gasteiger partial charge < -0.3 is 15.2 Å². The van der Waals surface area contributed by atoms with Crippen LogP contribution in [0.1, 0.15) is 73.6 Å². The number of anilines is 1. The Morgan fingerprint density at radius 3 is 2.39 bits per heavy atom. The van der Waals surface area contributed by atoms with Crippen molar-refractivity contribution >= 4 is 38.7 Å². The van der Waals surface area contributed by atoms with Crippen molar-refractivity contribution in [2.24, 2.45) is 0 Å². The molecule has 1 saturated carbocycles. The molecule has 9 nitrogen and oxygen atoms in total. The van der Waals surface area contributed by atoms with Crippen molar-refractivity contribution in [2.45, 2.75) is 76.4 Å². The third-order valence-electron chi connectivity index (χ3n) is 8.09. The predicted molar refractivity (Wildman–Crippen MR) is 171 cm³/mol. The maximum atomic E-state index is 12.9. The zero-order chi connectivity index (χ0) is 32.9. The topological polar surface area (TPSA) is 122 Å². The van der Waals surface area contributed by atoms with Gasteiger partial charge in [-0.05, 0) is 60.2 Å². The lowest BCUT2D eigenvalue weighted by Gasteiger charge is -2.22. The van der Waals surface area contributed by atoms with E-state index in [0.717, 1.165) is 72.1 Å². The van der Waals surface area contributed by atoms with Crippen LogP contribution < -0.4 is 15.4 Å². The van der Waals surface area contributed by atoms with Gasteiger partial charge in [0.1, 0.15) is 5.82 Å². The number of carbonyl (C=O) groups excluding carboxylic acids is 2. The van der Waals surface area contributed by atoms with Gasteiger partial charge in [0, 0.05) is 30.3 Å². The summed E-state index contributed by atoms with van der Waals surface area (Å²) in [5.74, 6) is -0.475. The van der Waals surface area contributed by atoms with Crippen LogP contribution in [0.15, 0.2) is 66.7 Å². The number of amides is 3. The highest BCUT2D eigenvalue weighted by Gasteiger charge is 2.47. The SMILES string of the molecule is CCCCc1nc2ccc(NC(=O)NC3CCCCC3)cc2n1Cc1ccc(-c2ccccc2C(=O)NS(=O)(=O)C(F)(F)F)cc1. The molecule has 1 fully saturated rings. The predicted octanol–water partition coefficient (Wildman–Crippen LogP) is 7.13. The van der Waals surface area contributed by atoms with Crippen molar-refractivity contribution in [2.75, 3.05) is 5.32 Å². The maximum Gasteiger partial charge on any atom is 0.516 e. The van der Waals surface area contributed by atoms with Gasteiger partial charge in [-0.25, -0.2) is 14.5 Å². The van der Waals surface area contributed by atoms with E-state index in [2.05, 4.69) is 22.1 Å². The molecule has 46 heavy (non-hydrogen) atoms. The molecule has 1 aliphatic carbocycles. The van der Waals surface area contributed by atoms with Crippen molar-refractivity contribution < 1.29 is 31.2 Å². The summed E-state index contributed by atoms with van der Waals surface area (Å²) in [7, 11) is -5.86. The van der Waals surface area contributed by atoms with Crippen LogP contribution in [-0.4, -0.2) is 41.5 Å².